The van der Waals surface area contributed by atoms with Gasteiger partial charge < -0.3 is 5.32 Å². The van der Waals surface area contributed by atoms with E-state index in [2.05, 4.69) is 11.4 Å². The van der Waals surface area contributed by atoms with Gasteiger partial charge in [-0.1, -0.05) is 41.4 Å². The van der Waals surface area contributed by atoms with Crippen LogP contribution in [0.25, 0.3) is 6.08 Å². The van der Waals surface area contributed by atoms with Crippen molar-refractivity contribution in [3.05, 3.63) is 69.8 Å². The smallest absolute Gasteiger partial charge is 0.0999 e. The minimum Gasteiger partial charge on any atom is -0.362 e. The summed E-state index contributed by atoms with van der Waals surface area (Å²) in [5, 5.41) is 13.1. The molecule has 19 heavy (non-hydrogen) atoms. The van der Waals surface area contributed by atoms with Crippen molar-refractivity contribution in [2.75, 3.05) is 5.32 Å². The Labute approximate surface area is 121 Å². The molecule has 0 aliphatic carbocycles. The van der Waals surface area contributed by atoms with Crippen molar-refractivity contribution in [3.63, 3.8) is 0 Å². The highest BCUT2D eigenvalue weighted by atomic mass is 35.5. The average Bonchev–Trinajstić information content (AvgIpc) is 2.42. The van der Waals surface area contributed by atoms with E-state index < -0.39 is 0 Å². The summed E-state index contributed by atoms with van der Waals surface area (Å²) in [5.74, 6) is 0. The van der Waals surface area contributed by atoms with Crippen LogP contribution in [0.5, 0.6) is 0 Å². The molecular weight excluding hydrogens is 279 g/mol. The summed E-state index contributed by atoms with van der Waals surface area (Å²) >= 11 is 11.9. The number of hydrogen-bond acceptors (Lipinski definition) is 2. The van der Waals surface area contributed by atoms with Crippen LogP contribution in [0.4, 0.5) is 5.69 Å². The van der Waals surface area contributed by atoms with E-state index in [9.17, 15) is 0 Å². The molecule has 0 aliphatic rings. The van der Waals surface area contributed by atoms with Gasteiger partial charge in [0.15, 0.2) is 0 Å². The van der Waals surface area contributed by atoms with Crippen LogP contribution in [0, 0.1) is 11.3 Å². The van der Waals surface area contributed by atoms with Crippen LogP contribution in [-0.4, -0.2) is 0 Å². The summed E-state index contributed by atoms with van der Waals surface area (Å²) in [4.78, 5) is 0. The Morgan fingerprint density at radius 2 is 1.84 bits per heavy atom. The normalized spacial score (nSPS) is 10.4. The molecule has 0 aliphatic heterocycles. The van der Waals surface area contributed by atoms with E-state index in [0.29, 0.717) is 21.2 Å². The van der Waals surface area contributed by atoms with Gasteiger partial charge in [0.1, 0.15) is 0 Å². The van der Waals surface area contributed by atoms with Crippen molar-refractivity contribution in [2.24, 2.45) is 0 Å². The first-order chi connectivity index (χ1) is 9.20. The SMILES string of the molecule is N#Cc1cc(Cl)cc(Cl)c1C=CNc1ccccc1. The van der Waals surface area contributed by atoms with E-state index in [0.717, 1.165) is 5.69 Å². The van der Waals surface area contributed by atoms with Crippen LogP contribution >= 0.6 is 23.2 Å². The average molecular weight is 289 g/mol. The molecule has 4 heteroatoms. The van der Waals surface area contributed by atoms with E-state index in [4.69, 9.17) is 28.5 Å². The molecule has 0 aromatic heterocycles. The molecule has 2 aromatic carbocycles. The molecule has 2 rings (SSSR count). The number of nitrogens with zero attached hydrogens (tertiary/aromatic N) is 1. The van der Waals surface area contributed by atoms with Gasteiger partial charge in [0.05, 0.1) is 16.7 Å². The summed E-state index contributed by atoms with van der Waals surface area (Å²) in [6, 6.07) is 15.0. The number of anilines is 1. The highest BCUT2D eigenvalue weighted by Gasteiger charge is 2.05. The third-order valence-electron chi connectivity index (χ3n) is 2.49. The van der Waals surface area contributed by atoms with E-state index in [-0.39, 0.29) is 0 Å². The standard InChI is InChI=1S/C15H10Cl2N2/c16-12-8-11(10-18)14(15(17)9-12)6-7-19-13-4-2-1-3-5-13/h1-9,19H. The second-order valence-corrected chi connectivity index (χ2v) is 4.65. The lowest BCUT2D eigenvalue weighted by Crippen LogP contribution is -1.88. The van der Waals surface area contributed by atoms with Crippen LogP contribution < -0.4 is 5.32 Å². The minimum atomic E-state index is 0.448. The molecule has 0 heterocycles. The van der Waals surface area contributed by atoms with Gasteiger partial charge in [0.2, 0.25) is 0 Å². The molecule has 0 saturated heterocycles. The fourth-order valence-corrected chi connectivity index (χ4v) is 2.16. The van der Waals surface area contributed by atoms with Gasteiger partial charge in [-0.3, -0.25) is 0 Å². The number of benzene rings is 2. The van der Waals surface area contributed by atoms with Crippen LogP contribution in [0.1, 0.15) is 11.1 Å². The van der Waals surface area contributed by atoms with Gasteiger partial charge in [0, 0.05) is 22.5 Å². The van der Waals surface area contributed by atoms with Crippen LogP contribution in [0.3, 0.4) is 0 Å². The molecule has 0 saturated carbocycles. The summed E-state index contributed by atoms with van der Waals surface area (Å²) in [6.45, 7) is 0. The maximum Gasteiger partial charge on any atom is 0.0999 e. The molecule has 1 N–H and O–H groups in total. The molecule has 0 radical (unpaired) electrons. The first-order valence-electron chi connectivity index (χ1n) is 5.58. The number of hydrogen-bond donors (Lipinski definition) is 1. The second kappa shape index (κ2) is 6.29. The van der Waals surface area contributed by atoms with Gasteiger partial charge in [-0.15, -0.1) is 0 Å². The summed E-state index contributed by atoms with van der Waals surface area (Å²) in [7, 11) is 0. The first-order valence-corrected chi connectivity index (χ1v) is 6.33. The molecule has 0 unspecified atom stereocenters. The van der Waals surface area contributed by atoms with Gasteiger partial charge in [-0.2, -0.15) is 5.26 Å². The van der Waals surface area contributed by atoms with Crippen LogP contribution in [0.15, 0.2) is 48.7 Å². The van der Waals surface area contributed by atoms with Crippen LogP contribution in [-0.2, 0) is 0 Å². The third-order valence-corrected chi connectivity index (χ3v) is 3.02. The zero-order valence-corrected chi connectivity index (χ0v) is 11.4. The molecule has 0 bridgehead atoms. The summed E-state index contributed by atoms with van der Waals surface area (Å²) in [6.07, 6.45) is 3.50. The second-order valence-electron chi connectivity index (χ2n) is 3.80. The van der Waals surface area contributed by atoms with Crippen molar-refractivity contribution < 1.29 is 0 Å². The van der Waals surface area contributed by atoms with E-state index in [1.54, 1.807) is 24.4 Å². The maximum atomic E-state index is 9.06. The Bertz CT molecular complexity index is 643. The fourth-order valence-electron chi connectivity index (χ4n) is 1.60. The maximum absolute atomic E-state index is 9.06. The van der Waals surface area contributed by atoms with Gasteiger partial charge >= 0.3 is 0 Å². The van der Waals surface area contributed by atoms with Crippen molar-refractivity contribution in [1.82, 2.24) is 0 Å². The topological polar surface area (TPSA) is 35.8 Å². The Hall–Kier alpha value is -1.95. The largest absolute Gasteiger partial charge is 0.362 e. The van der Waals surface area contributed by atoms with Crippen molar-refractivity contribution in [1.29, 1.82) is 5.26 Å². The number of para-hydroxylation sites is 1. The molecule has 2 nitrogen and oxygen atoms in total. The van der Waals surface area contributed by atoms with Crippen molar-refractivity contribution in [2.45, 2.75) is 0 Å². The molecule has 0 amide bonds. The Morgan fingerprint density at radius 3 is 2.53 bits per heavy atom. The summed E-state index contributed by atoms with van der Waals surface area (Å²) in [5.41, 5.74) is 2.06. The molecular formula is C15H10Cl2N2. The molecule has 94 valence electrons. The number of rotatable bonds is 3. The lowest BCUT2D eigenvalue weighted by Gasteiger charge is -2.03. The lowest BCUT2D eigenvalue weighted by atomic mass is 10.1. The zero-order chi connectivity index (χ0) is 13.7. The number of halogens is 2. The molecule has 0 atom stereocenters. The first kappa shape index (κ1) is 13.5. The highest BCUT2D eigenvalue weighted by Crippen LogP contribution is 2.26. The summed E-state index contributed by atoms with van der Waals surface area (Å²) < 4.78 is 0. The fraction of sp³-hybridized carbons (Fsp3) is 0. The molecule has 0 spiro atoms. The quantitative estimate of drug-likeness (QED) is 0.868. The van der Waals surface area contributed by atoms with Crippen LogP contribution in [0.2, 0.25) is 10.0 Å². The number of nitriles is 1. The van der Waals surface area contributed by atoms with E-state index in [1.165, 1.54) is 0 Å². The molecule has 2 aromatic rings. The highest BCUT2D eigenvalue weighted by molar-refractivity contribution is 6.35. The van der Waals surface area contributed by atoms with Gasteiger partial charge in [-0.05, 0) is 30.3 Å². The van der Waals surface area contributed by atoms with E-state index >= 15 is 0 Å². The van der Waals surface area contributed by atoms with Gasteiger partial charge in [0.25, 0.3) is 0 Å². The predicted octanol–water partition coefficient (Wildman–Crippen LogP) is 4.95. The Morgan fingerprint density at radius 1 is 1.11 bits per heavy atom. The lowest BCUT2D eigenvalue weighted by molar-refractivity contribution is 1.47. The minimum absolute atomic E-state index is 0.448. The third kappa shape index (κ3) is 3.51. The van der Waals surface area contributed by atoms with E-state index in [1.807, 2.05) is 30.3 Å². The predicted molar refractivity (Wildman–Crippen MR) is 80.3 cm³/mol. The zero-order valence-electron chi connectivity index (χ0n) is 9.90. The van der Waals surface area contributed by atoms with Crippen molar-refractivity contribution in [3.8, 4) is 6.07 Å². The van der Waals surface area contributed by atoms with Gasteiger partial charge in [-0.25, -0.2) is 0 Å². The Kier molecular flexibility index (Phi) is 4.46. The molecule has 0 fully saturated rings. The van der Waals surface area contributed by atoms with Crippen molar-refractivity contribution >= 4 is 35.0 Å². The monoisotopic (exact) mass is 288 g/mol. The number of nitrogens with one attached hydrogen (secondary N) is 1. The Balaban J connectivity index is 2.22.